The zero-order valence-corrected chi connectivity index (χ0v) is 35.2. The molecule has 0 aliphatic heterocycles. The van der Waals surface area contributed by atoms with Crippen molar-refractivity contribution < 1.29 is 4.42 Å². The van der Waals surface area contributed by atoms with E-state index in [0.717, 1.165) is 77.8 Å². The quantitative estimate of drug-likeness (QED) is 0.159. The first kappa shape index (κ1) is 37.4. The molecule has 1 aliphatic carbocycles. The van der Waals surface area contributed by atoms with E-state index in [1.807, 2.05) is 72.8 Å². The fraction of sp³-hybridized carbons (Fsp3) is 0.0517. The number of fused-ring (bicyclic) bond motifs is 6. The molecule has 6 nitrogen and oxygen atoms in total. The summed E-state index contributed by atoms with van der Waals surface area (Å²) in [7, 11) is 0. The minimum absolute atomic E-state index is 0.0905. The number of para-hydroxylation sites is 1. The topological polar surface area (TPSA) is 77.6 Å². The van der Waals surface area contributed by atoms with Gasteiger partial charge in [-0.2, -0.15) is 0 Å². The molecule has 12 rings (SSSR count). The molecule has 0 atom stereocenters. The van der Waals surface area contributed by atoms with E-state index in [4.69, 9.17) is 29.3 Å². The smallest absolute Gasteiger partial charge is 0.164 e. The fourth-order valence-corrected chi connectivity index (χ4v) is 9.25. The molecule has 3 heterocycles. The molecule has 0 fully saturated rings. The Bertz CT molecular complexity index is 3590. The lowest BCUT2D eigenvalue weighted by molar-refractivity contribution is 0.660. The van der Waals surface area contributed by atoms with Gasteiger partial charge < -0.3 is 4.42 Å². The third-order valence-electron chi connectivity index (χ3n) is 12.6. The van der Waals surface area contributed by atoms with Gasteiger partial charge in [0.05, 0.1) is 11.4 Å². The van der Waals surface area contributed by atoms with Crippen LogP contribution in [0.2, 0.25) is 0 Å². The lowest BCUT2D eigenvalue weighted by Crippen LogP contribution is -2.14. The Morgan fingerprint density at radius 1 is 0.312 bits per heavy atom. The normalized spacial score (nSPS) is 12.7. The van der Waals surface area contributed by atoms with Crippen molar-refractivity contribution in [1.82, 2.24) is 24.9 Å². The molecular weight excluding hydrogens is 783 g/mol. The first-order valence-corrected chi connectivity index (χ1v) is 21.6. The van der Waals surface area contributed by atoms with Gasteiger partial charge in [0.1, 0.15) is 11.2 Å². The summed E-state index contributed by atoms with van der Waals surface area (Å²) in [5, 5.41) is 2.16. The summed E-state index contributed by atoms with van der Waals surface area (Å²) in [6.45, 7) is 4.59. The second-order valence-electron chi connectivity index (χ2n) is 16.9. The Morgan fingerprint density at radius 2 is 0.812 bits per heavy atom. The minimum Gasteiger partial charge on any atom is -0.456 e. The third kappa shape index (κ3) is 6.47. The summed E-state index contributed by atoms with van der Waals surface area (Å²) in [4.78, 5) is 25.7. The highest BCUT2D eigenvalue weighted by Gasteiger charge is 2.35. The molecule has 0 radical (unpaired) electrons. The molecule has 0 unspecified atom stereocenters. The van der Waals surface area contributed by atoms with E-state index in [1.54, 1.807) is 0 Å². The average Bonchev–Trinajstić information content (AvgIpc) is 3.85. The summed E-state index contributed by atoms with van der Waals surface area (Å²) in [5.74, 6) is 2.50. The second kappa shape index (κ2) is 14.9. The molecule has 302 valence electrons. The molecule has 8 aromatic carbocycles. The standard InChI is InChI=1S/C58H39N5O/c1-58(2)48-25-11-9-23-44(48)47-33-42(28-30-49(47)58)57-62-54(37-17-7-4-8-18-37)61-56(63-57)41-22-14-20-39(32-41)38-19-13-21-40(31-38)51-35-50(36-15-5-3-6-16-36)59-55(60-51)43-27-29-46-45-24-10-12-26-52(45)64-53(46)34-43/h3-35H,1-2H3. The summed E-state index contributed by atoms with van der Waals surface area (Å²) in [5.41, 5.74) is 16.1. The van der Waals surface area contributed by atoms with Crippen LogP contribution in [0, 0.1) is 0 Å². The van der Waals surface area contributed by atoms with E-state index >= 15 is 0 Å². The van der Waals surface area contributed by atoms with Gasteiger partial charge in [-0.1, -0.05) is 172 Å². The summed E-state index contributed by atoms with van der Waals surface area (Å²) < 4.78 is 6.27. The zero-order chi connectivity index (χ0) is 42.8. The van der Waals surface area contributed by atoms with E-state index in [0.29, 0.717) is 23.3 Å². The number of hydrogen-bond acceptors (Lipinski definition) is 6. The molecule has 0 spiro atoms. The molecule has 0 bridgehead atoms. The van der Waals surface area contributed by atoms with Crippen molar-refractivity contribution in [2.24, 2.45) is 0 Å². The summed E-state index contributed by atoms with van der Waals surface area (Å²) in [6, 6.07) is 69.1. The van der Waals surface area contributed by atoms with Crippen LogP contribution in [0.1, 0.15) is 25.0 Å². The number of hydrogen-bond donors (Lipinski definition) is 0. The lowest BCUT2D eigenvalue weighted by atomic mass is 9.82. The predicted molar refractivity (Wildman–Crippen MR) is 258 cm³/mol. The van der Waals surface area contributed by atoms with Crippen molar-refractivity contribution in [1.29, 1.82) is 0 Å². The van der Waals surface area contributed by atoms with Crippen LogP contribution in [0.15, 0.2) is 205 Å². The van der Waals surface area contributed by atoms with Crippen molar-refractivity contribution in [2.75, 3.05) is 0 Å². The first-order valence-electron chi connectivity index (χ1n) is 21.6. The van der Waals surface area contributed by atoms with Crippen LogP contribution in [0.4, 0.5) is 0 Å². The molecule has 11 aromatic rings. The molecule has 0 N–H and O–H groups in total. The van der Waals surface area contributed by atoms with Crippen molar-refractivity contribution in [2.45, 2.75) is 19.3 Å². The van der Waals surface area contributed by atoms with E-state index < -0.39 is 0 Å². The summed E-state index contributed by atoms with van der Waals surface area (Å²) >= 11 is 0. The highest BCUT2D eigenvalue weighted by atomic mass is 16.3. The van der Waals surface area contributed by atoms with Crippen LogP contribution in [-0.2, 0) is 5.41 Å². The minimum atomic E-state index is -0.0905. The van der Waals surface area contributed by atoms with Crippen LogP contribution in [0.25, 0.3) is 112 Å². The maximum Gasteiger partial charge on any atom is 0.164 e. The molecule has 3 aromatic heterocycles. The van der Waals surface area contributed by atoms with Crippen LogP contribution in [0.5, 0.6) is 0 Å². The van der Waals surface area contributed by atoms with Gasteiger partial charge in [-0.25, -0.2) is 24.9 Å². The Labute approximate surface area is 370 Å². The van der Waals surface area contributed by atoms with Crippen molar-refractivity contribution in [3.8, 4) is 90.3 Å². The Kier molecular flexibility index (Phi) is 8.73. The van der Waals surface area contributed by atoms with E-state index in [9.17, 15) is 0 Å². The van der Waals surface area contributed by atoms with Gasteiger partial charge in [0.25, 0.3) is 0 Å². The van der Waals surface area contributed by atoms with Gasteiger partial charge >= 0.3 is 0 Å². The van der Waals surface area contributed by atoms with Gasteiger partial charge in [0.2, 0.25) is 0 Å². The molecule has 0 amide bonds. The van der Waals surface area contributed by atoms with Gasteiger partial charge in [-0.15, -0.1) is 0 Å². The van der Waals surface area contributed by atoms with Crippen LogP contribution >= 0.6 is 0 Å². The Balaban J connectivity index is 0.942. The fourth-order valence-electron chi connectivity index (χ4n) is 9.25. The monoisotopic (exact) mass is 821 g/mol. The zero-order valence-electron chi connectivity index (χ0n) is 35.2. The second-order valence-corrected chi connectivity index (χ2v) is 16.9. The first-order chi connectivity index (χ1) is 31.4. The maximum absolute atomic E-state index is 6.27. The number of aromatic nitrogens is 5. The van der Waals surface area contributed by atoms with Crippen molar-refractivity contribution in [3.05, 3.63) is 211 Å². The molecular formula is C58H39N5O. The van der Waals surface area contributed by atoms with E-state index in [2.05, 4.69) is 141 Å². The lowest BCUT2D eigenvalue weighted by Gasteiger charge is -2.21. The van der Waals surface area contributed by atoms with Gasteiger partial charge in [-0.3, -0.25) is 0 Å². The highest BCUT2D eigenvalue weighted by Crippen LogP contribution is 2.49. The molecule has 64 heavy (non-hydrogen) atoms. The number of furan rings is 1. The molecule has 0 saturated carbocycles. The van der Waals surface area contributed by atoms with Gasteiger partial charge in [0.15, 0.2) is 23.3 Å². The van der Waals surface area contributed by atoms with Crippen LogP contribution in [0.3, 0.4) is 0 Å². The maximum atomic E-state index is 6.27. The average molecular weight is 822 g/mol. The predicted octanol–water partition coefficient (Wildman–Crippen LogP) is 14.5. The van der Waals surface area contributed by atoms with Crippen molar-refractivity contribution in [3.63, 3.8) is 0 Å². The van der Waals surface area contributed by atoms with Gasteiger partial charge in [0, 0.05) is 49.6 Å². The Morgan fingerprint density at radius 3 is 1.58 bits per heavy atom. The van der Waals surface area contributed by atoms with E-state index in [1.165, 1.54) is 22.3 Å². The largest absolute Gasteiger partial charge is 0.456 e. The van der Waals surface area contributed by atoms with E-state index in [-0.39, 0.29) is 5.41 Å². The SMILES string of the molecule is CC1(C)c2ccccc2-c2cc(-c3nc(-c4ccccc4)nc(-c4cccc(-c5cccc(-c6cc(-c7ccccc7)nc(-c7ccc8c(c7)oc7ccccc78)n6)c5)c4)n3)ccc21. The number of nitrogens with zero attached hydrogens (tertiary/aromatic N) is 5. The third-order valence-corrected chi connectivity index (χ3v) is 12.6. The molecule has 1 aliphatic rings. The van der Waals surface area contributed by atoms with Crippen molar-refractivity contribution >= 4 is 21.9 Å². The summed E-state index contributed by atoms with van der Waals surface area (Å²) in [6.07, 6.45) is 0. The molecule has 6 heteroatoms. The van der Waals surface area contributed by atoms with Crippen LogP contribution in [-0.4, -0.2) is 24.9 Å². The molecule has 0 saturated heterocycles. The number of benzene rings is 8. The number of rotatable bonds is 7. The highest BCUT2D eigenvalue weighted by molar-refractivity contribution is 6.05. The van der Waals surface area contributed by atoms with Gasteiger partial charge in [-0.05, 0) is 75.8 Å². The van der Waals surface area contributed by atoms with Crippen LogP contribution < -0.4 is 0 Å². The Hall–Kier alpha value is -8.35.